The van der Waals surface area contributed by atoms with E-state index >= 15 is 0 Å². The summed E-state index contributed by atoms with van der Waals surface area (Å²) in [6.45, 7) is 4.78. The number of carbonyl (C=O) groups excluding carboxylic acids is 2. The molecule has 448 valence electrons. The summed E-state index contributed by atoms with van der Waals surface area (Å²) < 4.78 is 5.48. The van der Waals surface area contributed by atoms with E-state index in [4.69, 9.17) is 4.74 Å². The summed E-state index contributed by atoms with van der Waals surface area (Å²) >= 11 is 0. The molecule has 0 aromatic rings. The Kier molecular flexibility index (Phi) is 62.2. The van der Waals surface area contributed by atoms with Crippen molar-refractivity contribution in [2.75, 3.05) is 13.2 Å². The molecule has 0 spiro atoms. The number of hydrogen-bond donors (Lipinski definition) is 4. The number of aliphatic hydroxyl groups excluding tert-OH is 3. The van der Waals surface area contributed by atoms with Crippen molar-refractivity contribution in [1.82, 2.24) is 5.32 Å². The van der Waals surface area contributed by atoms with Crippen LogP contribution in [0.1, 0.15) is 361 Å². The van der Waals surface area contributed by atoms with Crippen LogP contribution < -0.4 is 5.32 Å². The molecule has 7 nitrogen and oxygen atoms in total. The molecule has 1 amide bonds. The first kappa shape index (κ1) is 74.0. The highest BCUT2D eigenvalue weighted by Gasteiger charge is 2.18. The number of amides is 1. The summed E-state index contributed by atoms with van der Waals surface area (Å²) in [4.78, 5) is 24.5. The molecule has 0 aromatic heterocycles. The van der Waals surface area contributed by atoms with Crippen molar-refractivity contribution < 1.29 is 29.6 Å². The van der Waals surface area contributed by atoms with Crippen molar-refractivity contribution in [2.24, 2.45) is 0 Å². The first-order valence-corrected chi connectivity index (χ1v) is 33.8. The summed E-state index contributed by atoms with van der Waals surface area (Å²) in [7, 11) is 0. The maximum absolute atomic E-state index is 12.5. The first-order chi connectivity index (χ1) is 37.4. The van der Waals surface area contributed by atoms with Gasteiger partial charge >= 0.3 is 5.97 Å². The fourth-order valence-corrected chi connectivity index (χ4v) is 10.5. The monoisotopic (exact) mass is 1070 g/mol. The van der Waals surface area contributed by atoms with Crippen LogP contribution in [-0.4, -0.2) is 58.7 Å². The highest BCUT2D eigenvalue weighted by atomic mass is 16.5. The van der Waals surface area contributed by atoms with Crippen LogP contribution >= 0.6 is 0 Å². The van der Waals surface area contributed by atoms with Gasteiger partial charge in [-0.3, -0.25) is 9.59 Å². The molecule has 7 heteroatoms. The van der Waals surface area contributed by atoms with Gasteiger partial charge in [0, 0.05) is 12.8 Å². The molecule has 0 rings (SSSR count). The molecule has 0 saturated carbocycles. The van der Waals surface area contributed by atoms with Crippen LogP contribution in [-0.2, 0) is 14.3 Å². The minimum Gasteiger partial charge on any atom is -0.466 e. The molecule has 76 heavy (non-hydrogen) atoms. The molecule has 0 heterocycles. The molecule has 0 saturated heterocycles. The minimum absolute atomic E-state index is 0.00277. The van der Waals surface area contributed by atoms with Gasteiger partial charge in [0.05, 0.1) is 31.5 Å². The average molecular weight is 1070 g/mol. The lowest BCUT2D eigenvalue weighted by Crippen LogP contribution is -2.45. The van der Waals surface area contributed by atoms with Gasteiger partial charge in [-0.2, -0.15) is 0 Å². The average Bonchev–Trinajstić information content (AvgIpc) is 3.42. The summed E-state index contributed by atoms with van der Waals surface area (Å²) in [5.41, 5.74) is 0. The van der Waals surface area contributed by atoms with E-state index in [1.165, 1.54) is 276 Å². The second kappa shape index (κ2) is 63.9. The number of ether oxygens (including phenoxy) is 1. The Morgan fingerprint density at radius 3 is 1.13 bits per heavy atom. The van der Waals surface area contributed by atoms with Gasteiger partial charge in [-0.15, -0.1) is 0 Å². The van der Waals surface area contributed by atoms with E-state index in [2.05, 4.69) is 43.5 Å². The van der Waals surface area contributed by atoms with Crippen molar-refractivity contribution in [1.29, 1.82) is 0 Å². The molecule has 0 aliphatic carbocycles. The van der Waals surface area contributed by atoms with Gasteiger partial charge in [-0.05, 0) is 57.8 Å². The van der Waals surface area contributed by atoms with E-state index in [1.807, 2.05) is 0 Å². The van der Waals surface area contributed by atoms with Gasteiger partial charge in [0.1, 0.15) is 0 Å². The van der Waals surface area contributed by atoms with Crippen LogP contribution in [0.2, 0.25) is 0 Å². The lowest BCUT2D eigenvalue weighted by molar-refractivity contribution is -0.143. The van der Waals surface area contributed by atoms with Gasteiger partial charge in [0.2, 0.25) is 5.91 Å². The molecule has 3 atom stereocenters. The molecule has 0 radical (unpaired) electrons. The second-order valence-corrected chi connectivity index (χ2v) is 23.3. The Hall–Kier alpha value is -1.96. The van der Waals surface area contributed by atoms with Crippen molar-refractivity contribution in [3.63, 3.8) is 0 Å². The topological polar surface area (TPSA) is 116 Å². The van der Waals surface area contributed by atoms with Crippen molar-refractivity contribution in [2.45, 2.75) is 379 Å². The van der Waals surface area contributed by atoms with E-state index in [0.717, 1.165) is 57.8 Å². The lowest BCUT2D eigenvalue weighted by Gasteiger charge is -2.20. The lowest BCUT2D eigenvalue weighted by atomic mass is 10.0. The maximum atomic E-state index is 12.5. The predicted molar refractivity (Wildman–Crippen MR) is 330 cm³/mol. The zero-order valence-electron chi connectivity index (χ0n) is 50.9. The molecule has 0 aliphatic heterocycles. The summed E-state index contributed by atoms with van der Waals surface area (Å²) in [5, 5.41) is 33.4. The number of carbonyl (C=O) groups is 2. The van der Waals surface area contributed by atoms with Gasteiger partial charge < -0.3 is 25.4 Å². The molecule has 0 fully saturated rings. The zero-order chi connectivity index (χ0) is 55.1. The Morgan fingerprint density at radius 1 is 0.395 bits per heavy atom. The fraction of sp³-hybridized carbons (Fsp3) is 0.884. The first-order valence-electron chi connectivity index (χ1n) is 33.8. The Balaban J connectivity index is 3.39. The fourth-order valence-electron chi connectivity index (χ4n) is 10.5. The predicted octanol–water partition coefficient (Wildman–Crippen LogP) is 20.5. The van der Waals surface area contributed by atoms with Gasteiger partial charge in [-0.25, -0.2) is 0 Å². The van der Waals surface area contributed by atoms with Crippen molar-refractivity contribution in [3.05, 3.63) is 36.5 Å². The van der Waals surface area contributed by atoms with E-state index in [9.17, 15) is 24.9 Å². The Bertz CT molecular complexity index is 1250. The molecule has 0 aromatic carbocycles. The molecule has 0 aliphatic rings. The highest BCUT2D eigenvalue weighted by molar-refractivity contribution is 5.76. The van der Waals surface area contributed by atoms with E-state index in [0.29, 0.717) is 25.9 Å². The second-order valence-electron chi connectivity index (χ2n) is 23.3. The quantitative estimate of drug-likeness (QED) is 0.0274. The molecule has 0 unspecified atom stereocenters. The number of nitrogens with one attached hydrogen (secondary N) is 1. The highest BCUT2D eigenvalue weighted by Crippen LogP contribution is 2.18. The van der Waals surface area contributed by atoms with Crippen LogP contribution in [0.4, 0.5) is 0 Å². The van der Waals surface area contributed by atoms with Crippen molar-refractivity contribution in [3.8, 4) is 0 Å². The van der Waals surface area contributed by atoms with Gasteiger partial charge in [0.15, 0.2) is 0 Å². The Morgan fingerprint density at radius 2 is 0.724 bits per heavy atom. The number of hydrogen-bond acceptors (Lipinski definition) is 6. The van der Waals surface area contributed by atoms with Gasteiger partial charge in [0.25, 0.3) is 0 Å². The zero-order valence-corrected chi connectivity index (χ0v) is 50.9. The minimum atomic E-state index is -1.02. The third-order valence-corrected chi connectivity index (χ3v) is 15.7. The van der Waals surface area contributed by atoms with Crippen LogP contribution in [0.15, 0.2) is 36.5 Å². The third-order valence-electron chi connectivity index (χ3n) is 15.7. The SMILES string of the molecule is CCCCC/C=C\C/C=C\CCCCCCCC(=O)OCCCCCCCCCCCCCCCCCCCCCCCCCCCCCCCC(=O)N[C@@H](CO)[C@H](O)/C=C/[C@H](O)CCCCCCCCCCCCC. The van der Waals surface area contributed by atoms with Gasteiger partial charge in [-0.1, -0.05) is 326 Å². The number of rotatable bonds is 63. The molecular weight excluding hydrogens is 939 g/mol. The Labute approximate surface area is 473 Å². The number of esters is 1. The number of unbranched alkanes of at least 4 members (excludes halogenated alkanes) is 46. The van der Waals surface area contributed by atoms with E-state index in [1.54, 1.807) is 6.08 Å². The maximum Gasteiger partial charge on any atom is 0.305 e. The summed E-state index contributed by atoms with van der Waals surface area (Å²) in [6.07, 6.45) is 78.0. The summed E-state index contributed by atoms with van der Waals surface area (Å²) in [5.74, 6) is -0.125. The largest absolute Gasteiger partial charge is 0.466 e. The molecule has 4 N–H and O–H groups in total. The van der Waals surface area contributed by atoms with Crippen LogP contribution in [0, 0.1) is 0 Å². The van der Waals surface area contributed by atoms with Crippen LogP contribution in [0.25, 0.3) is 0 Å². The summed E-state index contributed by atoms with van der Waals surface area (Å²) in [6, 6.07) is -0.748. The van der Waals surface area contributed by atoms with E-state index in [-0.39, 0.29) is 18.5 Å². The number of aliphatic hydroxyl groups is 3. The normalized spacial score (nSPS) is 13.2. The third kappa shape index (κ3) is 59.7. The molecular formula is C69H131NO6. The smallest absolute Gasteiger partial charge is 0.305 e. The van der Waals surface area contributed by atoms with Crippen LogP contribution in [0.3, 0.4) is 0 Å². The van der Waals surface area contributed by atoms with Crippen molar-refractivity contribution >= 4 is 11.9 Å². The standard InChI is InChI=1S/C69H131NO6/c1-3-5-7-9-11-13-15-16-32-36-40-44-48-52-56-60-69(75)76-63-57-53-49-45-41-37-34-31-29-27-25-23-21-19-17-18-20-22-24-26-28-30-33-35-39-43-47-51-55-59-68(74)70-66(64-71)67(73)62-61-65(72)58-54-50-46-42-38-14-12-10-8-6-4-2/h11,13,16,32,61-62,65-67,71-73H,3-10,12,14-15,17-31,33-60,63-64H2,1-2H3,(H,70,74)/b13-11-,32-16-,62-61+/t65-,66+,67-/m1/s1. The number of allylic oxidation sites excluding steroid dienone is 4. The van der Waals surface area contributed by atoms with E-state index < -0.39 is 18.2 Å². The molecule has 0 bridgehead atoms. The van der Waals surface area contributed by atoms with Crippen LogP contribution in [0.5, 0.6) is 0 Å².